The van der Waals surface area contributed by atoms with E-state index in [0.29, 0.717) is 0 Å². The molecule has 0 aliphatic heterocycles. The maximum atomic E-state index is 13.1. The van der Waals surface area contributed by atoms with Gasteiger partial charge in [-0.2, -0.15) is 0 Å². The number of Topliss-reactive ketones (excluding diaryl/α,β-unsaturated/α-hetero) is 1. The molecule has 0 aromatic heterocycles. The summed E-state index contributed by atoms with van der Waals surface area (Å²) in [6.07, 6.45) is 0.794. The van der Waals surface area contributed by atoms with Crippen LogP contribution in [-0.2, 0) is 0 Å². The second kappa shape index (κ2) is 6.20. The van der Waals surface area contributed by atoms with Crippen LogP contribution in [0.4, 0.5) is 5.69 Å². The zero-order chi connectivity index (χ0) is 18.4. The molecule has 2 aliphatic rings. The number of aliphatic imine (C=N–C) groups is 1. The Hall–Kier alpha value is -3.20. The first kappa shape index (κ1) is 16.0. The Morgan fingerprint density at radius 1 is 0.815 bits per heavy atom. The second-order valence-electron chi connectivity index (χ2n) is 7.07. The summed E-state index contributed by atoms with van der Waals surface area (Å²) in [4.78, 5) is 18.1. The first-order chi connectivity index (χ1) is 13.3. The third kappa shape index (κ3) is 2.50. The lowest BCUT2D eigenvalue weighted by atomic mass is 9.65. The highest BCUT2D eigenvalue weighted by Gasteiger charge is 2.42. The highest BCUT2D eigenvalue weighted by molar-refractivity contribution is 6.16. The fraction of sp³-hybridized carbons (Fsp3) is 0.167. The Morgan fingerprint density at radius 3 is 2.15 bits per heavy atom. The van der Waals surface area contributed by atoms with E-state index in [1.807, 2.05) is 54.6 Å². The molecule has 2 atom stereocenters. The molecular weight excluding hydrogens is 334 g/mol. The van der Waals surface area contributed by atoms with Crippen molar-refractivity contribution in [2.75, 3.05) is 7.11 Å². The SMILES string of the molecule is COc1ccc(N=C2c3ccccc3[C@@H]3C[C@H]2c2ccccc2C3=O)cc1. The molecule has 3 aromatic carbocycles. The maximum absolute atomic E-state index is 13.1. The quantitative estimate of drug-likeness (QED) is 0.628. The number of fused-ring (bicyclic) bond motifs is 6. The van der Waals surface area contributed by atoms with Crippen LogP contribution < -0.4 is 4.74 Å². The van der Waals surface area contributed by atoms with Gasteiger partial charge in [0.15, 0.2) is 5.78 Å². The number of carbonyl (C=O) groups excluding carboxylic acids is 1. The van der Waals surface area contributed by atoms with Gasteiger partial charge in [-0.1, -0.05) is 48.5 Å². The summed E-state index contributed by atoms with van der Waals surface area (Å²) < 4.78 is 5.25. The van der Waals surface area contributed by atoms with E-state index in [4.69, 9.17) is 9.73 Å². The number of hydrogen-bond donors (Lipinski definition) is 0. The monoisotopic (exact) mass is 353 g/mol. The molecule has 2 bridgehead atoms. The average molecular weight is 353 g/mol. The van der Waals surface area contributed by atoms with E-state index in [1.165, 1.54) is 0 Å². The van der Waals surface area contributed by atoms with Crippen LogP contribution in [0.15, 0.2) is 77.8 Å². The van der Waals surface area contributed by atoms with E-state index in [9.17, 15) is 4.79 Å². The number of methoxy groups -OCH3 is 1. The van der Waals surface area contributed by atoms with Gasteiger partial charge in [0.1, 0.15) is 5.75 Å². The smallest absolute Gasteiger partial charge is 0.170 e. The molecule has 3 aromatic rings. The van der Waals surface area contributed by atoms with Crippen molar-refractivity contribution in [3.63, 3.8) is 0 Å². The molecule has 27 heavy (non-hydrogen) atoms. The molecule has 0 spiro atoms. The van der Waals surface area contributed by atoms with Crippen molar-refractivity contribution in [2.24, 2.45) is 4.99 Å². The van der Waals surface area contributed by atoms with Crippen LogP contribution >= 0.6 is 0 Å². The van der Waals surface area contributed by atoms with E-state index in [2.05, 4.69) is 18.2 Å². The molecule has 0 saturated heterocycles. The van der Waals surface area contributed by atoms with Crippen molar-refractivity contribution in [1.29, 1.82) is 0 Å². The van der Waals surface area contributed by atoms with Gasteiger partial charge in [0.05, 0.1) is 18.5 Å². The van der Waals surface area contributed by atoms with Gasteiger partial charge in [0.25, 0.3) is 0 Å². The first-order valence-corrected chi connectivity index (χ1v) is 9.21. The van der Waals surface area contributed by atoms with Crippen LogP contribution in [0.1, 0.15) is 45.3 Å². The minimum Gasteiger partial charge on any atom is -0.497 e. The molecule has 0 unspecified atom stereocenters. The number of carbonyl (C=O) groups is 1. The Kier molecular flexibility index (Phi) is 3.68. The van der Waals surface area contributed by atoms with Crippen LogP contribution in [0, 0.1) is 0 Å². The number of rotatable bonds is 2. The minimum atomic E-state index is -0.0732. The number of nitrogens with zero attached hydrogens (tertiary/aromatic N) is 1. The number of benzene rings is 3. The summed E-state index contributed by atoms with van der Waals surface area (Å²) in [6.45, 7) is 0. The average Bonchev–Trinajstić information content (AvgIpc) is 2.74. The normalized spacial score (nSPS) is 21.5. The molecular formula is C24H19NO2. The molecule has 0 N–H and O–H groups in total. The summed E-state index contributed by atoms with van der Waals surface area (Å²) in [5.74, 6) is 1.12. The van der Waals surface area contributed by atoms with Crippen molar-refractivity contribution in [1.82, 2.24) is 0 Å². The molecule has 0 saturated carbocycles. The maximum Gasteiger partial charge on any atom is 0.170 e. The van der Waals surface area contributed by atoms with Crippen LogP contribution in [0.2, 0.25) is 0 Å². The molecule has 0 heterocycles. The van der Waals surface area contributed by atoms with Crippen LogP contribution in [0.25, 0.3) is 0 Å². The molecule has 2 aliphatic carbocycles. The summed E-state index contributed by atoms with van der Waals surface area (Å²) in [7, 11) is 1.66. The van der Waals surface area contributed by atoms with Gasteiger partial charge in [-0.25, -0.2) is 0 Å². The second-order valence-corrected chi connectivity index (χ2v) is 7.07. The Balaban J connectivity index is 1.71. The third-order valence-electron chi connectivity index (χ3n) is 5.65. The topological polar surface area (TPSA) is 38.7 Å². The summed E-state index contributed by atoms with van der Waals surface area (Å²) in [5.41, 5.74) is 6.08. The third-order valence-corrected chi connectivity index (χ3v) is 5.65. The Bertz CT molecular complexity index is 1070. The van der Waals surface area contributed by atoms with Gasteiger partial charge in [-0.05, 0) is 41.8 Å². The molecule has 132 valence electrons. The van der Waals surface area contributed by atoms with Crippen molar-refractivity contribution in [3.05, 3.63) is 95.1 Å². The van der Waals surface area contributed by atoms with Crippen molar-refractivity contribution in [2.45, 2.75) is 18.3 Å². The van der Waals surface area contributed by atoms with E-state index in [1.54, 1.807) is 7.11 Å². The van der Waals surface area contributed by atoms with E-state index in [0.717, 1.165) is 45.8 Å². The largest absolute Gasteiger partial charge is 0.497 e. The van der Waals surface area contributed by atoms with Gasteiger partial charge in [0.2, 0.25) is 0 Å². The van der Waals surface area contributed by atoms with Crippen LogP contribution in [0.5, 0.6) is 5.75 Å². The molecule has 0 fully saturated rings. The highest BCUT2D eigenvalue weighted by atomic mass is 16.5. The first-order valence-electron chi connectivity index (χ1n) is 9.21. The standard InChI is InChI=1S/C24H19NO2/c1-27-16-12-10-15(11-13-16)25-23-19-8-4-2-6-17(19)22-14-21(23)18-7-3-5-9-20(18)24(22)26/h2-13,21-22H,14H2,1H3/t21-,22-/m0/s1. The van der Waals surface area contributed by atoms with E-state index in [-0.39, 0.29) is 17.6 Å². The van der Waals surface area contributed by atoms with E-state index >= 15 is 0 Å². The Morgan fingerprint density at radius 2 is 1.44 bits per heavy atom. The van der Waals surface area contributed by atoms with Crippen molar-refractivity contribution >= 4 is 17.2 Å². The molecule has 5 rings (SSSR count). The zero-order valence-corrected chi connectivity index (χ0v) is 15.1. The van der Waals surface area contributed by atoms with Crippen molar-refractivity contribution < 1.29 is 9.53 Å². The zero-order valence-electron chi connectivity index (χ0n) is 15.1. The van der Waals surface area contributed by atoms with Gasteiger partial charge in [0, 0.05) is 23.0 Å². The predicted octanol–water partition coefficient (Wildman–Crippen LogP) is 5.28. The molecule has 3 heteroatoms. The summed E-state index contributed by atoms with van der Waals surface area (Å²) >= 11 is 0. The number of hydrogen-bond acceptors (Lipinski definition) is 3. The lowest BCUT2D eigenvalue weighted by Gasteiger charge is -2.37. The number of ketones is 1. The molecule has 0 radical (unpaired) electrons. The van der Waals surface area contributed by atoms with Gasteiger partial charge in [-0.3, -0.25) is 9.79 Å². The van der Waals surface area contributed by atoms with Crippen LogP contribution in [-0.4, -0.2) is 18.6 Å². The fourth-order valence-corrected chi connectivity index (χ4v) is 4.37. The van der Waals surface area contributed by atoms with Gasteiger partial charge < -0.3 is 4.74 Å². The summed E-state index contributed by atoms with van der Waals surface area (Å²) in [6, 6.07) is 24.0. The number of ether oxygens (including phenoxy) is 1. The lowest BCUT2D eigenvalue weighted by Crippen LogP contribution is -2.34. The molecule has 0 amide bonds. The summed E-state index contributed by atoms with van der Waals surface area (Å²) in [5, 5.41) is 0. The van der Waals surface area contributed by atoms with Crippen LogP contribution in [0.3, 0.4) is 0 Å². The Labute approximate surface area is 158 Å². The van der Waals surface area contributed by atoms with E-state index < -0.39 is 0 Å². The molecule has 3 nitrogen and oxygen atoms in total. The predicted molar refractivity (Wildman–Crippen MR) is 107 cm³/mol. The van der Waals surface area contributed by atoms with Gasteiger partial charge in [-0.15, -0.1) is 0 Å². The van der Waals surface area contributed by atoms with Gasteiger partial charge >= 0.3 is 0 Å². The lowest BCUT2D eigenvalue weighted by molar-refractivity contribution is 0.0942. The minimum absolute atomic E-state index is 0.0732. The fourth-order valence-electron chi connectivity index (χ4n) is 4.37. The highest BCUT2D eigenvalue weighted by Crippen LogP contribution is 2.47. The van der Waals surface area contributed by atoms with Crippen molar-refractivity contribution in [3.8, 4) is 5.75 Å².